The zero-order valence-electron chi connectivity index (χ0n) is 12.1. The van der Waals surface area contributed by atoms with Gasteiger partial charge in [0, 0.05) is 18.8 Å². The number of sulfonamides is 1. The summed E-state index contributed by atoms with van der Waals surface area (Å²) in [6.45, 7) is 6.10. The molecule has 0 aliphatic heterocycles. The van der Waals surface area contributed by atoms with E-state index < -0.39 is 10.0 Å². The van der Waals surface area contributed by atoms with Gasteiger partial charge >= 0.3 is 0 Å². The molecule has 19 heavy (non-hydrogen) atoms. The molecule has 1 aromatic rings. The fourth-order valence-electron chi connectivity index (χ4n) is 2.21. The molecule has 0 heterocycles. The van der Waals surface area contributed by atoms with E-state index in [4.69, 9.17) is 0 Å². The third kappa shape index (κ3) is 4.21. The first-order valence-electron chi connectivity index (χ1n) is 6.74. The van der Waals surface area contributed by atoms with E-state index in [9.17, 15) is 8.42 Å². The van der Waals surface area contributed by atoms with Crippen molar-refractivity contribution in [3.05, 3.63) is 24.3 Å². The second kappa shape index (κ2) is 6.91. The van der Waals surface area contributed by atoms with Crippen molar-refractivity contribution in [3.63, 3.8) is 0 Å². The molecule has 5 heteroatoms. The Balaban J connectivity index is 2.85. The minimum atomic E-state index is -3.43. The van der Waals surface area contributed by atoms with Crippen LogP contribution in [-0.4, -0.2) is 21.5 Å². The Bertz CT molecular complexity index is 479. The molecule has 1 aromatic carbocycles. The summed E-state index contributed by atoms with van der Waals surface area (Å²) in [6.07, 6.45) is 1.94. The van der Waals surface area contributed by atoms with Crippen LogP contribution in [0.3, 0.4) is 0 Å². The summed E-state index contributed by atoms with van der Waals surface area (Å²) in [4.78, 5) is 0.310. The molecule has 0 saturated heterocycles. The fourth-order valence-corrected chi connectivity index (χ4v) is 3.52. The van der Waals surface area contributed by atoms with E-state index in [1.807, 2.05) is 6.92 Å². The van der Waals surface area contributed by atoms with E-state index in [-0.39, 0.29) is 6.04 Å². The van der Waals surface area contributed by atoms with Crippen LogP contribution in [0, 0.1) is 5.92 Å². The summed E-state index contributed by atoms with van der Waals surface area (Å²) in [5, 5.41) is 2.97. The largest absolute Gasteiger partial charge is 0.388 e. The third-order valence-corrected chi connectivity index (χ3v) is 5.13. The molecule has 0 spiro atoms. The molecule has 0 fully saturated rings. The van der Waals surface area contributed by atoms with Crippen LogP contribution in [0.25, 0.3) is 0 Å². The molecule has 0 aliphatic rings. The van der Waals surface area contributed by atoms with E-state index in [2.05, 4.69) is 23.9 Å². The lowest BCUT2D eigenvalue weighted by Crippen LogP contribution is -2.37. The maximum atomic E-state index is 12.2. The number of benzene rings is 1. The van der Waals surface area contributed by atoms with E-state index in [0.717, 1.165) is 18.5 Å². The summed E-state index contributed by atoms with van der Waals surface area (Å²) in [5.74, 6) is 0.367. The summed E-state index contributed by atoms with van der Waals surface area (Å²) >= 11 is 0. The van der Waals surface area contributed by atoms with Crippen LogP contribution in [0.2, 0.25) is 0 Å². The van der Waals surface area contributed by atoms with Crippen molar-refractivity contribution in [2.45, 2.75) is 44.6 Å². The van der Waals surface area contributed by atoms with Gasteiger partial charge in [-0.05, 0) is 37.1 Å². The highest BCUT2D eigenvalue weighted by atomic mass is 32.2. The molecule has 108 valence electrons. The van der Waals surface area contributed by atoms with Gasteiger partial charge in [-0.1, -0.05) is 26.7 Å². The summed E-state index contributed by atoms with van der Waals surface area (Å²) < 4.78 is 27.3. The van der Waals surface area contributed by atoms with Gasteiger partial charge in [-0.2, -0.15) is 0 Å². The van der Waals surface area contributed by atoms with Gasteiger partial charge < -0.3 is 5.32 Å². The molecule has 0 aliphatic carbocycles. The molecule has 0 bridgehead atoms. The molecule has 0 radical (unpaired) electrons. The van der Waals surface area contributed by atoms with Crippen molar-refractivity contribution in [2.24, 2.45) is 5.92 Å². The standard InChI is InChI=1S/C14H24N2O2S/c1-5-12(6-2)11(3)16-19(17,18)14-9-7-13(15-4)8-10-14/h7-12,15-16H,5-6H2,1-4H3. The molecule has 0 saturated carbocycles. The third-order valence-electron chi connectivity index (χ3n) is 3.55. The topological polar surface area (TPSA) is 58.2 Å². The smallest absolute Gasteiger partial charge is 0.240 e. The van der Waals surface area contributed by atoms with Crippen LogP contribution < -0.4 is 10.0 Å². The van der Waals surface area contributed by atoms with Crippen LogP contribution >= 0.6 is 0 Å². The Labute approximate surface area is 116 Å². The predicted octanol–water partition coefficient (Wildman–Crippen LogP) is 2.83. The minimum Gasteiger partial charge on any atom is -0.388 e. The Morgan fingerprint density at radius 2 is 1.63 bits per heavy atom. The van der Waals surface area contributed by atoms with Gasteiger partial charge in [0.25, 0.3) is 0 Å². The minimum absolute atomic E-state index is 0.0519. The van der Waals surface area contributed by atoms with Gasteiger partial charge in [0.15, 0.2) is 0 Å². The van der Waals surface area contributed by atoms with Crippen LogP contribution in [0.1, 0.15) is 33.6 Å². The maximum absolute atomic E-state index is 12.2. The number of anilines is 1. The molecule has 0 aromatic heterocycles. The first-order valence-corrected chi connectivity index (χ1v) is 8.23. The lowest BCUT2D eigenvalue weighted by Gasteiger charge is -2.22. The van der Waals surface area contributed by atoms with Crippen molar-refractivity contribution in [1.82, 2.24) is 4.72 Å². The van der Waals surface area contributed by atoms with E-state index in [0.29, 0.717) is 10.8 Å². The van der Waals surface area contributed by atoms with Gasteiger partial charge in [-0.3, -0.25) is 0 Å². The second-order valence-electron chi connectivity index (χ2n) is 4.76. The monoisotopic (exact) mass is 284 g/mol. The molecule has 4 nitrogen and oxygen atoms in total. The van der Waals surface area contributed by atoms with Crippen LogP contribution in [-0.2, 0) is 10.0 Å². The quantitative estimate of drug-likeness (QED) is 0.809. The van der Waals surface area contributed by atoms with Crippen molar-refractivity contribution >= 4 is 15.7 Å². The normalized spacial score (nSPS) is 13.5. The van der Waals surface area contributed by atoms with Gasteiger partial charge in [0.05, 0.1) is 4.90 Å². The van der Waals surface area contributed by atoms with Crippen molar-refractivity contribution in [1.29, 1.82) is 0 Å². The van der Waals surface area contributed by atoms with Gasteiger partial charge in [0.1, 0.15) is 0 Å². The number of rotatable bonds is 7. The summed E-state index contributed by atoms with van der Waals surface area (Å²) in [7, 11) is -1.62. The predicted molar refractivity (Wildman–Crippen MR) is 79.8 cm³/mol. The Morgan fingerprint density at radius 1 is 1.11 bits per heavy atom. The molecule has 1 unspecified atom stereocenters. The highest BCUT2D eigenvalue weighted by molar-refractivity contribution is 7.89. The summed E-state index contributed by atoms with van der Waals surface area (Å²) in [6, 6.07) is 6.71. The van der Waals surface area contributed by atoms with Crippen LogP contribution in [0.4, 0.5) is 5.69 Å². The molecule has 1 rings (SSSR count). The lowest BCUT2D eigenvalue weighted by atomic mass is 9.96. The molecule has 0 amide bonds. The Morgan fingerprint density at radius 3 is 2.05 bits per heavy atom. The highest BCUT2D eigenvalue weighted by Crippen LogP contribution is 2.17. The lowest BCUT2D eigenvalue weighted by molar-refractivity contribution is 0.391. The van der Waals surface area contributed by atoms with Crippen LogP contribution in [0.5, 0.6) is 0 Å². The fraction of sp³-hybridized carbons (Fsp3) is 0.571. The molecular formula is C14H24N2O2S. The zero-order chi connectivity index (χ0) is 14.5. The van der Waals surface area contributed by atoms with Gasteiger partial charge in [-0.15, -0.1) is 0 Å². The Kier molecular flexibility index (Phi) is 5.82. The first-order chi connectivity index (χ1) is 8.94. The second-order valence-corrected chi connectivity index (χ2v) is 6.47. The SMILES string of the molecule is CCC(CC)C(C)NS(=O)(=O)c1ccc(NC)cc1. The molecular weight excluding hydrogens is 260 g/mol. The van der Waals surface area contributed by atoms with E-state index in [1.165, 1.54) is 0 Å². The number of hydrogen-bond acceptors (Lipinski definition) is 3. The highest BCUT2D eigenvalue weighted by Gasteiger charge is 2.21. The van der Waals surface area contributed by atoms with E-state index in [1.54, 1.807) is 31.3 Å². The van der Waals surface area contributed by atoms with Crippen molar-refractivity contribution < 1.29 is 8.42 Å². The van der Waals surface area contributed by atoms with Gasteiger partial charge in [0.2, 0.25) is 10.0 Å². The zero-order valence-corrected chi connectivity index (χ0v) is 12.9. The molecule has 2 N–H and O–H groups in total. The van der Waals surface area contributed by atoms with Gasteiger partial charge in [-0.25, -0.2) is 13.1 Å². The van der Waals surface area contributed by atoms with Crippen molar-refractivity contribution in [3.8, 4) is 0 Å². The number of hydrogen-bond donors (Lipinski definition) is 2. The number of nitrogens with one attached hydrogen (secondary N) is 2. The summed E-state index contributed by atoms with van der Waals surface area (Å²) in [5.41, 5.74) is 0.895. The van der Waals surface area contributed by atoms with E-state index >= 15 is 0 Å². The maximum Gasteiger partial charge on any atom is 0.240 e. The first kappa shape index (κ1) is 16.0. The average Bonchev–Trinajstić information content (AvgIpc) is 2.39. The Hall–Kier alpha value is -1.07. The molecule has 1 atom stereocenters. The van der Waals surface area contributed by atoms with Crippen LogP contribution in [0.15, 0.2) is 29.2 Å². The average molecular weight is 284 g/mol. The van der Waals surface area contributed by atoms with Crippen molar-refractivity contribution in [2.75, 3.05) is 12.4 Å².